The molecule has 4 heterocycles. The molecule has 1 unspecified atom stereocenters. The fraction of sp³-hybridized carbons (Fsp3) is 0.302. The minimum absolute atomic E-state index is 0.159. The normalized spacial score (nSPS) is 22.7. The zero-order valence-corrected chi connectivity index (χ0v) is 30.5. The summed E-state index contributed by atoms with van der Waals surface area (Å²) in [6.07, 6.45) is 1.48. The number of nitrogens with zero attached hydrogens (tertiary/aromatic N) is 4. The van der Waals surface area contributed by atoms with Crippen LogP contribution < -0.4 is 15.4 Å². The molecular formula is C43H44N6O6. The van der Waals surface area contributed by atoms with E-state index in [4.69, 9.17) is 14.2 Å². The van der Waals surface area contributed by atoms with E-state index in [9.17, 15) is 15.0 Å². The number of rotatable bonds is 12. The van der Waals surface area contributed by atoms with Crippen molar-refractivity contribution in [2.75, 3.05) is 25.6 Å². The molecule has 1 amide bonds. The molecule has 0 aliphatic carbocycles. The molecule has 12 heteroatoms. The fourth-order valence-corrected chi connectivity index (χ4v) is 7.99. The fourth-order valence-electron chi connectivity index (χ4n) is 7.99. The highest BCUT2D eigenvalue weighted by Crippen LogP contribution is 2.46. The number of imidazole rings is 1. The Morgan fingerprint density at radius 3 is 2.22 bits per heavy atom. The molecule has 2 fully saturated rings. The molecule has 6 aromatic rings. The maximum absolute atomic E-state index is 13.1. The lowest BCUT2D eigenvalue weighted by atomic mass is 9.77. The third-order valence-electron chi connectivity index (χ3n) is 10.9. The van der Waals surface area contributed by atoms with Gasteiger partial charge >= 0.3 is 0 Å². The lowest BCUT2D eigenvalue weighted by Gasteiger charge is -2.40. The second-order valence-electron chi connectivity index (χ2n) is 14.1. The van der Waals surface area contributed by atoms with E-state index in [0.29, 0.717) is 36.2 Å². The van der Waals surface area contributed by atoms with E-state index in [2.05, 4.69) is 62.0 Å². The van der Waals surface area contributed by atoms with E-state index in [1.807, 2.05) is 54.6 Å². The number of fused-ring (bicyclic) bond motifs is 1. The zero-order chi connectivity index (χ0) is 37.8. The van der Waals surface area contributed by atoms with Crippen LogP contribution in [0.3, 0.4) is 0 Å². The van der Waals surface area contributed by atoms with E-state index in [0.717, 1.165) is 35.3 Å². The number of benzene rings is 4. The molecule has 2 aliphatic heterocycles. The topological polar surface area (TPSA) is 153 Å². The van der Waals surface area contributed by atoms with Crippen LogP contribution in [0.1, 0.15) is 52.5 Å². The molecule has 2 saturated heterocycles. The van der Waals surface area contributed by atoms with Gasteiger partial charge in [-0.25, -0.2) is 15.0 Å². The van der Waals surface area contributed by atoms with Gasteiger partial charge in [-0.15, -0.1) is 0 Å². The zero-order valence-electron chi connectivity index (χ0n) is 30.5. The number of hydrogen-bond donors (Lipinski definition) is 4. The molecule has 0 spiro atoms. The first-order valence-electron chi connectivity index (χ1n) is 18.6. The molecule has 4 aromatic carbocycles. The van der Waals surface area contributed by atoms with Crippen molar-refractivity contribution in [3.63, 3.8) is 0 Å². The highest BCUT2D eigenvalue weighted by Gasteiger charge is 2.61. The van der Waals surface area contributed by atoms with Crippen LogP contribution >= 0.6 is 0 Å². The third-order valence-corrected chi connectivity index (χ3v) is 10.9. The van der Waals surface area contributed by atoms with Crippen molar-refractivity contribution in [1.82, 2.24) is 24.8 Å². The van der Waals surface area contributed by atoms with E-state index in [1.54, 1.807) is 35.9 Å². The summed E-state index contributed by atoms with van der Waals surface area (Å²) in [5.74, 6) is 0.624. The number of methoxy groups -OCH3 is 1. The van der Waals surface area contributed by atoms with Gasteiger partial charge in [0.25, 0.3) is 5.91 Å². The van der Waals surface area contributed by atoms with Gasteiger partial charge in [-0.2, -0.15) is 0 Å². The molecule has 12 nitrogen and oxygen atoms in total. The highest BCUT2D eigenvalue weighted by atomic mass is 16.6. The number of carbonyl (C=O) groups excluding carboxylic acids is 1. The predicted molar refractivity (Wildman–Crippen MR) is 207 cm³/mol. The molecule has 2 aliphatic rings. The first-order valence-corrected chi connectivity index (χ1v) is 18.6. The van der Waals surface area contributed by atoms with Crippen molar-refractivity contribution in [1.29, 1.82) is 0 Å². The Kier molecular flexibility index (Phi) is 10.4. The number of ether oxygens (including phenoxy) is 3. The summed E-state index contributed by atoms with van der Waals surface area (Å²) in [6, 6.07) is 37.2. The Balaban J connectivity index is 1.15. The third kappa shape index (κ3) is 6.99. The average molecular weight is 741 g/mol. The lowest BCUT2D eigenvalue weighted by Crippen LogP contribution is -2.58. The van der Waals surface area contributed by atoms with Gasteiger partial charge < -0.3 is 35.1 Å². The number of amides is 1. The van der Waals surface area contributed by atoms with E-state index in [-0.39, 0.29) is 18.3 Å². The van der Waals surface area contributed by atoms with Gasteiger partial charge in [0.15, 0.2) is 28.8 Å². The van der Waals surface area contributed by atoms with Crippen molar-refractivity contribution in [2.24, 2.45) is 0 Å². The van der Waals surface area contributed by atoms with Gasteiger partial charge in [0.2, 0.25) is 0 Å². The van der Waals surface area contributed by atoms with Crippen LogP contribution in [0.5, 0.6) is 5.75 Å². The molecule has 2 aromatic heterocycles. The summed E-state index contributed by atoms with van der Waals surface area (Å²) in [7, 11) is 1.65. The van der Waals surface area contributed by atoms with Gasteiger partial charge in [-0.05, 0) is 66.6 Å². The van der Waals surface area contributed by atoms with Gasteiger partial charge in [0.05, 0.1) is 25.1 Å². The van der Waals surface area contributed by atoms with Crippen LogP contribution in [0, 0.1) is 0 Å². The highest BCUT2D eigenvalue weighted by molar-refractivity contribution is 6.06. The standard InChI is InChI=1S/C43H44N6O6/c1-53-33-22-20-29(21-23-33)25-42(31-15-7-3-8-16-31,32-17-9-4-10-18-32)47-26-34-37(50)43(52,35-19-11-12-24-54-35)41(55-34)49-28-46-36-38(44-27-45-39(36)49)48-40(51)30-13-5-2-6-14-30/h2-10,13-18,20-23,27-28,34-35,37,41,47,50,52H,11-12,19,24-26H2,1H3,(H,44,45,48,51)/t34-,35?,37-,41-,43-/m1/s1. The van der Waals surface area contributed by atoms with E-state index in [1.165, 1.54) is 12.7 Å². The number of hydrogen-bond acceptors (Lipinski definition) is 10. The van der Waals surface area contributed by atoms with Crippen LogP contribution in [-0.2, 0) is 21.4 Å². The second kappa shape index (κ2) is 15.7. The molecule has 55 heavy (non-hydrogen) atoms. The molecular weight excluding hydrogens is 697 g/mol. The maximum atomic E-state index is 13.1. The summed E-state index contributed by atoms with van der Waals surface area (Å²) >= 11 is 0. The minimum Gasteiger partial charge on any atom is -0.497 e. The summed E-state index contributed by atoms with van der Waals surface area (Å²) < 4.78 is 20.0. The Morgan fingerprint density at radius 1 is 0.909 bits per heavy atom. The number of nitrogens with one attached hydrogen (secondary N) is 2. The van der Waals surface area contributed by atoms with Gasteiger partial charge in [0, 0.05) is 18.7 Å². The number of aliphatic hydroxyl groups is 2. The van der Waals surface area contributed by atoms with Crippen molar-refractivity contribution in [3.8, 4) is 5.75 Å². The van der Waals surface area contributed by atoms with Crippen LogP contribution in [0.2, 0.25) is 0 Å². The molecule has 5 atom stereocenters. The molecule has 8 rings (SSSR count). The molecule has 0 radical (unpaired) electrons. The molecule has 4 N–H and O–H groups in total. The summed E-state index contributed by atoms with van der Waals surface area (Å²) in [6.45, 7) is 0.609. The monoisotopic (exact) mass is 740 g/mol. The Hall–Kier alpha value is -5.50. The quantitative estimate of drug-likeness (QED) is 0.128. The summed E-state index contributed by atoms with van der Waals surface area (Å²) in [5, 5.41) is 31.7. The Morgan fingerprint density at radius 2 is 1.58 bits per heavy atom. The Bertz CT molecular complexity index is 2160. The summed E-state index contributed by atoms with van der Waals surface area (Å²) in [5.41, 5.74) is 1.56. The molecule has 0 saturated carbocycles. The van der Waals surface area contributed by atoms with Crippen molar-refractivity contribution < 1.29 is 29.2 Å². The number of aliphatic hydroxyl groups excluding tert-OH is 1. The largest absolute Gasteiger partial charge is 0.497 e. The first kappa shape index (κ1) is 36.5. The smallest absolute Gasteiger partial charge is 0.256 e. The second-order valence-corrected chi connectivity index (χ2v) is 14.1. The predicted octanol–water partition coefficient (Wildman–Crippen LogP) is 5.42. The Labute approximate surface area is 319 Å². The minimum atomic E-state index is -1.88. The lowest BCUT2D eigenvalue weighted by molar-refractivity contribution is -0.197. The van der Waals surface area contributed by atoms with Crippen LogP contribution in [-0.4, -0.2) is 79.8 Å². The van der Waals surface area contributed by atoms with Crippen molar-refractivity contribution in [3.05, 3.63) is 150 Å². The average Bonchev–Trinajstić information content (AvgIpc) is 3.79. The van der Waals surface area contributed by atoms with Crippen molar-refractivity contribution >= 4 is 22.9 Å². The molecule has 0 bridgehead atoms. The van der Waals surface area contributed by atoms with Gasteiger partial charge in [-0.3, -0.25) is 9.36 Å². The van der Waals surface area contributed by atoms with Gasteiger partial charge in [0.1, 0.15) is 24.3 Å². The number of carbonyl (C=O) groups is 1. The van der Waals surface area contributed by atoms with Crippen LogP contribution in [0.25, 0.3) is 11.2 Å². The number of aromatic nitrogens is 4. The van der Waals surface area contributed by atoms with Crippen LogP contribution in [0.15, 0.2) is 128 Å². The van der Waals surface area contributed by atoms with Crippen LogP contribution in [0.4, 0.5) is 5.82 Å². The van der Waals surface area contributed by atoms with Crippen molar-refractivity contribution in [2.45, 2.75) is 61.4 Å². The summed E-state index contributed by atoms with van der Waals surface area (Å²) in [4.78, 5) is 26.5. The van der Waals surface area contributed by atoms with E-state index < -0.39 is 35.7 Å². The number of anilines is 1. The SMILES string of the molecule is COc1ccc(CC(NC[C@H]2O[C@@H](n3cnc4c(NC(=O)c5ccccc5)ncnc43)[C@@](O)(C3CCCCO3)[C@@H]2O)(c2ccccc2)c2ccccc2)cc1. The van der Waals surface area contributed by atoms with E-state index >= 15 is 0 Å². The first-order chi connectivity index (χ1) is 26.9. The van der Waals surface area contributed by atoms with Gasteiger partial charge in [-0.1, -0.05) is 91.0 Å². The molecule has 282 valence electrons. The maximum Gasteiger partial charge on any atom is 0.256 e.